The normalized spacial score (nSPS) is 12.1. The van der Waals surface area contributed by atoms with Crippen LogP contribution in [0.4, 0.5) is 3.89 Å². The maximum absolute atomic E-state index is 12.0. The quantitative estimate of drug-likeness (QED) is 0.661. The van der Waals surface area contributed by atoms with Crippen LogP contribution in [-0.4, -0.2) is 8.42 Å². The third-order valence-electron chi connectivity index (χ3n) is 1.22. The summed E-state index contributed by atoms with van der Waals surface area (Å²) in [5.74, 6) is 0. The van der Waals surface area contributed by atoms with Crippen molar-refractivity contribution in [3.63, 3.8) is 0 Å². The molecule has 12 heavy (non-hydrogen) atoms. The van der Waals surface area contributed by atoms with E-state index in [-0.39, 0.29) is 0 Å². The van der Waals surface area contributed by atoms with Crippen molar-refractivity contribution in [3.8, 4) is 0 Å². The van der Waals surface area contributed by atoms with Crippen molar-refractivity contribution in [2.45, 2.75) is 0 Å². The number of halogens is 1. The van der Waals surface area contributed by atoms with Crippen molar-refractivity contribution in [2.24, 2.45) is 0 Å². The van der Waals surface area contributed by atoms with Gasteiger partial charge in [-0.25, -0.2) is 0 Å². The zero-order valence-electron chi connectivity index (χ0n) is 6.14. The van der Waals surface area contributed by atoms with Crippen LogP contribution in [0.5, 0.6) is 0 Å². The zero-order chi connectivity index (χ0) is 9.03. The average molecular weight is 186 g/mol. The monoisotopic (exact) mass is 186 g/mol. The van der Waals surface area contributed by atoms with Gasteiger partial charge in [0.15, 0.2) is 0 Å². The SMILES string of the molecule is O=S(=O)(F)/C=C/c1ccccc1. The van der Waals surface area contributed by atoms with E-state index in [1.165, 1.54) is 6.08 Å². The number of hydrogen-bond donors (Lipinski definition) is 0. The summed E-state index contributed by atoms with van der Waals surface area (Å²) in [4.78, 5) is 0. The highest BCUT2D eigenvalue weighted by Crippen LogP contribution is 2.03. The van der Waals surface area contributed by atoms with Gasteiger partial charge in [0.2, 0.25) is 0 Å². The van der Waals surface area contributed by atoms with Crippen LogP contribution >= 0.6 is 0 Å². The van der Waals surface area contributed by atoms with Gasteiger partial charge < -0.3 is 0 Å². The standard InChI is InChI=1S/C8H7FO2S/c9-12(10,11)7-6-8-4-2-1-3-5-8/h1-7H/b7-6+. The summed E-state index contributed by atoms with van der Waals surface area (Å²) in [6.07, 6.45) is 1.20. The molecule has 0 fully saturated rings. The highest BCUT2D eigenvalue weighted by molar-refractivity contribution is 7.89. The van der Waals surface area contributed by atoms with Crippen LogP contribution in [0.1, 0.15) is 5.56 Å². The van der Waals surface area contributed by atoms with Crippen molar-refractivity contribution in [1.29, 1.82) is 0 Å². The van der Waals surface area contributed by atoms with Crippen LogP contribution in [-0.2, 0) is 10.2 Å². The van der Waals surface area contributed by atoms with E-state index in [2.05, 4.69) is 0 Å². The average Bonchev–Trinajstić information content (AvgIpc) is 2.02. The molecule has 0 radical (unpaired) electrons. The van der Waals surface area contributed by atoms with E-state index in [1.54, 1.807) is 30.3 Å². The molecule has 0 bridgehead atoms. The Morgan fingerprint density at radius 3 is 2.25 bits per heavy atom. The summed E-state index contributed by atoms with van der Waals surface area (Å²) in [6.45, 7) is 0. The Hall–Kier alpha value is -1.16. The second kappa shape index (κ2) is 3.49. The highest BCUT2D eigenvalue weighted by Gasteiger charge is 1.97. The molecule has 0 aliphatic carbocycles. The minimum atomic E-state index is -4.50. The van der Waals surface area contributed by atoms with Crippen LogP contribution in [0.2, 0.25) is 0 Å². The molecular formula is C8H7FO2S. The second-order valence-corrected chi connectivity index (χ2v) is 3.41. The zero-order valence-corrected chi connectivity index (χ0v) is 6.96. The smallest absolute Gasteiger partial charge is 0.190 e. The van der Waals surface area contributed by atoms with Gasteiger partial charge >= 0.3 is 10.2 Å². The largest absolute Gasteiger partial charge is 0.325 e. The molecule has 4 heteroatoms. The lowest BCUT2D eigenvalue weighted by Gasteiger charge is -1.88. The fourth-order valence-electron chi connectivity index (χ4n) is 0.724. The molecule has 0 saturated carbocycles. The van der Waals surface area contributed by atoms with Crippen LogP contribution in [0, 0.1) is 0 Å². The topological polar surface area (TPSA) is 34.1 Å². The molecule has 0 saturated heterocycles. The van der Waals surface area contributed by atoms with Gasteiger partial charge in [-0.15, -0.1) is 3.89 Å². The Balaban J connectivity index is 2.85. The Morgan fingerprint density at radius 1 is 1.17 bits per heavy atom. The lowest BCUT2D eigenvalue weighted by Crippen LogP contribution is -1.80. The first-order valence-electron chi connectivity index (χ1n) is 3.26. The molecule has 0 aliphatic heterocycles. The Morgan fingerprint density at radius 2 is 1.75 bits per heavy atom. The summed E-state index contributed by atoms with van der Waals surface area (Å²) in [6, 6.07) is 8.64. The van der Waals surface area contributed by atoms with Crippen molar-refractivity contribution in [1.82, 2.24) is 0 Å². The van der Waals surface area contributed by atoms with Gasteiger partial charge in [-0.2, -0.15) is 8.42 Å². The summed E-state index contributed by atoms with van der Waals surface area (Å²) < 4.78 is 32.1. The van der Waals surface area contributed by atoms with Crippen LogP contribution in [0.3, 0.4) is 0 Å². The summed E-state index contributed by atoms with van der Waals surface area (Å²) >= 11 is 0. The maximum atomic E-state index is 12.0. The lowest BCUT2D eigenvalue weighted by molar-refractivity contribution is 0.563. The molecule has 0 atom stereocenters. The van der Waals surface area contributed by atoms with Gasteiger partial charge in [0.25, 0.3) is 0 Å². The van der Waals surface area contributed by atoms with Gasteiger partial charge in [-0.1, -0.05) is 30.3 Å². The molecule has 1 rings (SSSR count). The molecule has 1 aromatic rings. The second-order valence-electron chi connectivity index (χ2n) is 2.19. The van der Waals surface area contributed by atoms with E-state index in [4.69, 9.17) is 0 Å². The number of rotatable bonds is 2. The molecular weight excluding hydrogens is 179 g/mol. The third-order valence-corrected chi connectivity index (χ3v) is 1.68. The fraction of sp³-hybridized carbons (Fsp3) is 0. The van der Waals surface area contributed by atoms with E-state index < -0.39 is 10.2 Å². The van der Waals surface area contributed by atoms with Crippen LogP contribution in [0.25, 0.3) is 6.08 Å². The van der Waals surface area contributed by atoms with E-state index >= 15 is 0 Å². The van der Waals surface area contributed by atoms with Gasteiger partial charge in [0.1, 0.15) is 0 Å². The molecule has 0 spiro atoms. The van der Waals surface area contributed by atoms with Gasteiger partial charge in [-0.3, -0.25) is 0 Å². The predicted molar refractivity (Wildman–Crippen MR) is 45.5 cm³/mol. The van der Waals surface area contributed by atoms with Crippen molar-refractivity contribution in [3.05, 3.63) is 41.3 Å². The highest BCUT2D eigenvalue weighted by atomic mass is 32.3. The van der Waals surface area contributed by atoms with Crippen molar-refractivity contribution in [2.75, 3.05) is 0 Å². The lowest BCUT2D eigenvalue weighted by atomic mass is 10.2. The van der Waals surface area contributed by atoms with Crippen molar-refractivity contribution >= 4 is 16.3 Å². The van der Waals surface area contributed by atoms with E-state index in [9.17, 15) is 12.3 Å². The van der Waals surface area contributed by atoms with Crippen LogP contribution in [0.15, 0.2) is 35.7 Å². The molecule has 0 heterocycles. The number of benzene rings is 1. The Bertz CT molecular complexity index is 367. The molecule has 2 nitrogen and oxygen atoms in total. The van der Waals surface area contributed by atoms with Crippen molar-refractivity contribution < 1.29 is 12.3 Å². The van der Waals surface area contributed by atoms with E-state index in [0.717, 1.165) is 0 Å². The first-order valence-corrected chi connectivity index (χ1v) is 4.70. The molecule has 0 N–H and O–H groups in total. The fourth-order valence-corrected chi connectivity index (χ4v) is 1.04. The summed E-state index contributed by atoms with van der Waals surface area (Å²) in [5, 5.41) is 0.530. The minimum Gasteiger partial charge on any atom is -0.190 e. The Labute approximate surface area is 70.6 Å². The predicted octanol–water partition coefficient (Wildman–Crippen LogP) is 1.96. The molecule has 0 aliphatic rings. The van der Waals surface area contributed by atoms with Gasteiger partial charge in [0.05, 0.1) is 5.41 Å². The minimum absolute atomic E-state index is 0.530. The molecule has 0 aromatic heterocycles. The summed E-state index contributed by atoms with van der Waals surface area (Å²) in [7, 11) is -4.50. The van der Waals surface area contributed by atoms with Crippen LogP contribution < -0.4 is 0 Å². The number of hydrogen-bond acceptors (Lipinski definition) is 2. The maximum Gasteiger partial charge on any atom is 0.325 e. The molecule has 0 unspecified atom stereocenters. The van der Waals surface area contributed by atoms with Gasteiger partial charge in [-0.05, 0) is 11.6 Å². The van der Waals surface area contributed by atoms with Gasteiger partial charge in [0, 0.05) is 0 Å². The summed E-state index contributed by atoms with van der Waals surface area (Å²) in [5.41, 5.74) is 0.652. The molecule has 64 valence electrons. The van der Waals surface area contributed by atoms with E-state index in [0.29, 0.717) is 11.0 Å². The first-order chi connectivity index (χ1) is 5.58. The van der Waals surface area contributed by atoms with E-state index in [1.807, 2.05) is 0 Å². The Kier molecular flexibility index (Phi) is 2.60. The molecule has 1 aromatic carbocycles. The first kappa shape index (κ1) is 8.93. The third kappa shape index (κ3) is 3.30. The molecule has 0 amide bonds.